The fourth-order valence-electron chi connectivity index (χ4n) is 3.14. The molecule has 1 aromatic heterocycles. The first-order valence-corrected chi connectivity index (χ1v) is 8.25. The summed E-state index contributed by atoms with van der Waals surface area (Å²) in [6.45, 7) is 7.81. The second-order valence-electron chi connectivity index (χ2n) is 7.21. The van der Waals surface area contributed by atoms with Crippen LogP contribution < -0.4 is 5.73 Å². The molecule has 0 radical (unpaired) electrons. The quantitative estimate of drug-likeness (QED) is 0.861. The first-order valence-electron chi connectivity index (χ1n) is 8.25. The summed E-state index contributed by atoms with van der Waals surface area (Å²) in [5.41, 5.74) is 8.58. The van der Waals surface area contributed by atoms with Gasteiger partial charge in [-0.2, -0.15) is 0 Å². The predicted octanol–water partition coefficient (Wildman–Crippen LogP) is 3.85. The Labute approximate surface area is 133 Å². The third-order valence-electron chi connectivity index (χ3n) is 4.15. The molecule has 0 unspecified atom stereocenters. The van der Waals surface area contributed by atoms with Crippen molar-refractivity contribution in [3.63, 3.8) is 0 Å². The van der Waals surface area contributed by atoms with Gasteiger partial charge < -0.3 is 10.5 Å². The summed E-state index contributed by atoms with van der Waals surface area (Å²) >= 11 is 0. The number of nitrogens with two attached hydrogens (primary N) is 1. The highest BCUT2D eigenvalue weighted by molar-refractivity contribution is 5.92. The van der Waals surface area contributed by atoms with E-state index in [0.717, 1.165) is 17.0 Å². The first kappa shape index (κ1) is 16.9. The summed E-state index contributed by atoms with van der Waals surface area (Å²) in [6, 6.07) is 2.02. The molecule has 1 saturated carbocycles. The molecular weight excluding hydrogens is 276 g/mol. The summed E-state index contributed by atoms with van der Waals surface area (Å²) in [6.07, 6.45) is 6.20. The molecule has 2 rings (SSSR count). The molecule has 1 aliphatic carbocycles. The molecule has 0 amide bonds. The van der Waals surface area contributed by atoms with Crippen LogP contribution in [0.2, 0.25) is 0 Å². The van der Waals surface area contributed by atoms with Crippen molar-refractivity contribution in [2.45, 2.75) is 77.9 Å². The van der Waals surface area contributed by atoms with Gasteiger partial charge in [-0.05, 0) is 52.2 Å². The van der Waals surface area contributed by atoms with E-state index in [4.69, 9.17) is 15.5 Å². The maximum atomic E-state index is 12.4. The Bertz CT molecular complexity index is 541. The van der Waals surface area contributed by atoms with Crippen LogP contribution in [0.25, 0.3) is 0 Å². The van der Waals surface area contributed by atoms with Crippen LogP contribution >= 0.6 is 0 Å². The van der Waals surface area contributed by atoms with Gasteiger partial charge in [0.15, 0.2) is 0 Å². The number of ether oxygens (including phenoxy) is 1. The smallest absolute Gasteiger partial charge is 0.340 e. The second-order valence-corrected chi connectivity index (χ2v) is 7.21. The summed E-state index contributed by atoms with van der Waals surface area (Å²) < 4.78 is 5.50. The van der Waals surface area contributed by atoms with Crippen LogP contribution in [0.4, 0.5) is 0 Å². The molecule has 1 fully saturated rings. The molecule has 1 aromatic rings. The normalized spacial score (nSPS) is 16.6. The minimum absolute atomic E-state index is 0.326. The Morgan fingerprint density at radius 2 is 1.95 bits per heavy atom. The minimum atomic E-state index is -0.516. The Morgan fingerprint density at radius 1 is 1.32 bits per heavy atom. The molecule has 0 aliphatic heterocycles. The van der Waals surface area contributed by atoms with Crippen LogP contribution in [0.1, 0.15) is 86.1 Å². The highest BCUT2D eigenvalue weighted by Crippen LogP contribution is 2.33. The lowest BCUT2D eigenvalue weighted by molar-refractivity contribution is 0.00669. The Balaban J connectivity index is 2.33. The average molecular weight is 304 g/mol. The molecule has 4 nitrogen and oxygen atoms in total. The number of rotatable bonds is 3. The van der Waals surface area contributed by atoms with Crippen LogP contribution in [0, 0.1) is 6.92 Å². The Hall–Kier alpha value is -1.42. The van der Waals surface area contributed by atoms with Crippen molar-refractivity contribution in [1.29, 1.82) is 0 Å². The largest absolute Gasteiger partial charge is 0.456 e. The van der Waals surface area contributed by atoms with E-state index in [9.17, 15) is 4.79 Å². The van der Waals surface area contributed by atoms with E-state index in [2.05, 4.69) is 0 Å². The monoisotopic (exact) mass is 304 g/mol. The highest BCUT2D eigenvalue weighted by atomic mass is 16.6. The number of hydrogen-bond acceptors (Lipinski definition) is 4. The lowest BCUT2D eigenvalue weighted by atomic mass is 9.85. The minimum Gasteiger partial charge on any atom is -0.456 e. The standard InChI is InChI=1S/C18H28N2O2/c1-12-16(17(21)22-18(2,3)4)14(11-19)10-15(20-12)13-8-6-5-7-9-13/h10,13H,5-9,11,19H2,1-4H3. The fraction of sp³-hybridized carbons (Fsp3) is 0.667. The maximum Gasteiger partial charge on any atom is 0.340 e. The zero-order valence-electron chi connectivity index (χ0n) is 14.2. The summed E-state index contributed by atoms with van der Waals surface area (Å²) in [7, 11) is 0. The van der Waals surface area contributed by atoms with Crippen LogP contribution in [-0.2, 0) is 11.3 Å². The third kappa shape index (κ3) is 4.07. The maximum absolute atomic E-state index is 12.4. The van der Waals surface area contributed by atoms with Gasteiger partial charge in [0.05, 0.1) is 11.3 Å². The van der Waals surface area contributed by atoms with Crippen LogP contribution in [-0.4, -0.2) is 16.6 Å². The molecule has 2 N–H and O–H groups in total. The van der Waals surface area contributed by atoms with Crippen molar-refractivity contribution in [2.24, 2.45) is 5.73 Å². The van der Waals surface area contributed by atoms with Crippen LogP contribution in [0.3, 0.4) is 0 Å². The number of aryl methyl sites for hydroxylation is 1. The van der Waals surface area contributed by atoms with Crippen molar-refractivity contribution < 1.29 is 9.53 Å². The molecule has 122 valence electrons. The number of pyridine rings is 1. The van der Waals surface area contributed by atoms with Gasteiger partial charge >= 0.3 is 5.97 Å². The molecular formula is C18H28N2O2. The van der Waals surface area contributed by atoms with Gasteiger partial charge in [-0.15, -0.1) is 0 Å². The molecule has 0 atom stereocenters. The molecule has 0 saturated heterocycles. The van der Waals surface area contributed by atoms with E-state index in [1.54, 1.807) is 0 Å². The number of carbonyl (C=O) groups is 1. The van der Waals surface area contributed by atoms with E-state index < -0.39 is 5.60 Å². The SMILES string of the molecule is Cc1nc(C2CCCCC2)cc(CN)c1C(=O)OC(C)(C)C. The van der Waals surface area contributed by atoms with Crippen molar-refractivity contribution in [3.8, 4) is 0 Å². The highest BCUT2D eigenvalue weighted by Gasteiger charge is 2.25. The zero-order chi connectivity index (χ0) is 16.3. The first-order chi connectivity index (χ1) is 10.3. The van der Waals surface area contributed by atoms with Crippen molar-refractivity contribution in [1.82, 2.24) is 4.98 Å². The third-order valence-corrected chi connectivity index (χ3v) is 4.15. The Kier molecular flexibility index (Phi) is 5.22. The van der Waals surface area contributed by atoms with Crippen molar-refractivity contribution >= 4 is 5.97 Å². The molecule has 0 bridgehead atoms. The van der Waals surface area contributed by atoms with Crippen LogP contribution in [0.5, 0.6) is 0 Å². The second kappa shape index (κ2) is 6.78. The molecule has 0 spiro atoms. The zero-order valence-corrected chi connectivity index (χ0v) is 14.2. The summed E-state index contributed by atoms with van der Waals surface area (Å²) in [4.78, 5) is 17.1. The average Bonchev–Trinajstić information content (AvgIpc) is 2.45. The topological polar surface area (TPSA) is 65.2 Å². The lowest BCUT2D eigenvalue weighted by Gasteiger charge is -2.24. The van der Waals surface area contributed by atoms with Gasteiger partial charge in [0.1, 0.15) is 5.60 Å². The number of esters is 1. The molecule has 0 aromatic carbocycles. The van der Waals surface area contributed by atoms with Gasteiger partial charge in [-0.3, -0.25) is 4.98 Å². The molecule has 22 heavy (non-hydrogen) atoms. The number of nitrogens with zero attached hydrogens (tertiary/aromatic N) is 1. The number of hydrogen-bond donors (Lipinski definition) is 1. The van der Waals surface area contributed by atoms with Gasteiger partial charge in [0.25, 0.3) is 0 Å². The molecule has 1 heterocycles. The molecule has 1 aliphatic rings. The summed E-state index contributed by atoms with van der Waals surface area (Å²) in [5, 5.41) is 0. The predicted molar refractivity (Wildman–Crippen MR) is 87.9 cm³/mol. The van der Waals surface area contributed by atoms with Gasteiger partial charge in [-0.25, -0.2) is 4.79 Å². The van der Waals surface area contributed by atoms with Crippen molar-refractivity contribution in [3.05, 3.63) is 28.6 Å². The van der Waals surface area contributed by atoms with E-state index >= 15 is 0 Å². The van der Waals surface area contributed by atoms with E-state index in [1.165, 1.54) is 32.1 Å². The van der Waals surface area contributed by atoms with Gasteiger partial charge in [0.2, 0.25) is 0 Å². The van der Waals surface area contributed by atoms with Gasteiger partial charge in [0, 0.05) is 18.2 Å². The lowest BCUT2D eigenvalue weighted by Crippen LogP contribution is -2.26. The fourth-order valence-corrected chi connectivity index (χ4v) is 3.14. The van der Waals surface area contributed by atoms with E-state index in [-0.39, 0.29) is 5.97 Å². The van der Waals surface area contributed by atoms with Crippen LogP contribution in [0.15, 0.2) is 6.07 Å². The van der Waals surface area contributed by atoms with Crippen molar-refractivity contribution in [2.75, 3.05) is 0 Å². The Morgan fingerprint density at radius 3 is 2.50 bits per heavy atom. The molecule has 4 heteroatoms. The summed E-state index contributed by atoms with van der Waals surface area (Å²) in [5.74, 6) is 0.179. The van der Waals surface area contributed by atoms with E-state index in [1.807, 2.05) is 33.8 Å². The van der Waals surface area contributed by atoms with Gasteiger partial charge in [-0.1, -0.05) is 19.3 Å². The number of carbonyl (C=O) groups excluding carboxylic acids is 1. The number of aromatic nitrogens is 1. The van der Waals surface area contributed by atoms with E-state index in [0.29, 0.717) is 18.0 Å².